The molecule has 0 heterocycles. The summed E-state index contributed by atoms with van der Waals surface area (Å²) < 4.78 is 0. The lowest BCUT2D eigenvalue weighted by molar-refractivity contribution is 0.451. The van der Waals surface area contributed by atoms with Crippen LogP contribution in [0.15, 0.2) is 42.5 Å². The van der Waals surface area contributed by atoms with Gasteiger partial charge in [0.2, 0.25) is 0 Å². The predicted octanol–water partition coefficient (Wildman–Crippen LogP) is 4.22. The molecular formula is C17H21NO2. The zero-order valence-electron chi connectivity index (χ0n) is 11.9. The van der Waals surface area contributed by atoms with Crippen LogP contribution in [-0.2, 0) is 6.42 Å². The van der Waals surface area contributed by atoms with Gasteiger partial charge in [-0.2, -0.15) is 0 Å². The van der Waals surface area contributed by atoms with E-state index in [1.165, 1.54) is 17.7 Å². The third-order valence-corrected chi connectivity index (χ3v) is 3.35. The zero-order valence-corrected chi connectivity index (χ0v) is 11.9. The van der Waals surface area contributed by atoms with E-state index in [9.17, 15) is 10.2 Å². The highest BCUT2D eigenvalue weighted by Gasteiger charge is 2.11. The molecule has 2 rings (SSSR count). The molecule has 1 atom stereocenters. The molecule has 0 aliphatic carbocycles. The maximum absolute atomic E-state index is 9.85. The van der Waals surface area contributed by atoms with Crippen LogP contribution >= 0.6 is 0 Å². The molecule has 20 heavy (non-hydrogen) atoms. The first-order valence-corrected chi connectivity index (χ1v) is 6.97. The van der Waals surface area contributed by atoms with Gasteiger partial charge in [0.15, 0.2) is 0 Å². The van der Waals surface area contributed by atoms with Crippen LogP contribution in [0, 0.1) is 0 Å². The highest BCUT2D eigenvalue weighted by molar-refractivity contribution is 5.49. The topological polar surface area (TPSA) is 52.5 Å². The molecule has 3 heteroatoms. The van der Waals surface area contributed by atoms with Crippen molar-refractivity contribution in [2.75, 3.05) is 5.32 Å². The van der Waals surface area contributed by atoms with Crippen molar-refractivity contribution in [1.82, 2.24) is 0 Å². The average molecular weight is 271 g/mol. The molecule has 0 saturated carbocycles. The fourth-order valence-corrected chi connectivity index (χ4v) is 2.27. The van der Waals surface area contributed by atoms with Crippen molar-refractivity contribution in [3.8, 4) is 11.5 Å². The molecule has 2 aromatic rings. The van der Waals surface area contributed by atoms with Crippen molar-refractivity contribution in [1.29, 1.82) is 0 Å². The second-order valence-electron chi connectivity index (χ2n) is 5.06. The molecule has 0 aromatic heterocycles. The van der Waals surface area contributed by atoms with Gasteiger partial charge in [0, 0.05) is 11.3 Å². The summed E-state index contributed by atoms with van der Waals surface area (Å²) in [6.07, 6.45) is 2.23. The van der Waals surface area contributed by atoms with Gasteiger partial charge in [0.1, 0.15) is 11.5 Å². The Kier molecular flexibility index (Phi) is 4.51. The molecule has 0 radical (unpaired) electrons. The lowest BCUT2D eigenvalue weighted by Crippen LogP contribution is -2.06. The summed E-state index contributed by atoms with van der Waals surface area (Å²) in [7, 11) is 0. The minimum atomic E-state index is -0.0841. The van der Waals surface area contributed by atoms with Gasteiger partial charge < -0.3 is 15.5 Å². The van der Waals surface area contributed by atoms with Gasteiger partial charge in [-0.15, -0.1) is 0 Å². The molecule has 0 amide bonds. The fraction of sp³-hybridized carbons (Fsp3) is 0.294. The van der Waals surface area contributed by atoms with Crippen molar-refractivity contribution in [3.05, 3.63) is 53.6 Å². The van der Waals surface area contributed by atoms with Gasteiger partial charge >= 0.3 is 0 Å². The number of hydrogen-bond donors (Lipinski definition) is 3. The molecule has 0 fully saturated rings. The Labute approximate surface area is 119 Å². The molecule has 0 aliphatic heterocycles. The van der Waals surface area contributed by atoms with Crippen molar-refractivity contribution < 1.29 is 10.2 Å². The van der Waals surface area contributed by atoms with Gasteiger partial charge in [0.05, 0.1) is 6.04 Å². The molecule has 3 N–H and O–H groups in total. The second kappa shape index (κ2) is 6.33. The van der Waals surface area contributed by atoms with Crippen LogP contribution in [-0.4, -0.2) is 10.2 Å². The molecule has 1 unspecified atom stereocenters. The molecule has 106 valence electrons. The highest BCUT2D eigenvalue weighted by Crippen LogP contribution is 2.30. The lowest BCUT2D eigenvalue weighted by Gasteiger charge is -2.17. The molecular weight excluding hydrogens is 250 g/mol. The number of aromatic hydroxyl groups is 2. The third kappa shape index (κ3) is 3.44. The standard InChI is InChI=1S/C17H21NO2/c1-3-4-13-5-7-14(8-6-13)18-12(2)16-11-15(19)9-10-17(16)20/h5-12,18-20H,3-4H2,1-2H3. The SMILES string of the molecule is CCCc1ccc(NC(C)c2cc(O)ccc2O)cc1. The Bertz CT molecular complexity index is 564. The van der Waals surface area contributed by atoms with Crippen LogP contribution < -0.4 is 5.32 Å². The van der Waals surface area contributed by atoms with Crippen LogP contribution in [0.2, 0.25) is 0 Å². The van der Waals surface area contributed by atoms with Crippen LogP contribution in [0.4, 0.5) is 5.69 Å². The number of nitrogens with one attached hydrogen (secondary N) is 1. The van der Waals surface area contributed by atoms with Crippen LogP contribution in [0.25, 0.3) is 0 Å². The van der Waals surface area contributed by atoms with E-state index in [1.807, 2.05) is 19.1 Å². The second-order valence-corrected chi connectivity index (χ2v) is 5.06. The normalized spacial score (nSPS) is 12.1. The van der Waals surface area contributed by atoms with Gasteiger partial charge in [0.25, 0.3) is 0 Å². The summed E-state index contributed by atoms with van der Waals surface area (Å²) in [5.41, 5.74) is 3.01. The van der Waals surface area contributed by atoms with Crippen molar-refractivity contribution in [3.63, 3.8) is 0 Å². The fourth-order valence-electron chi connectivity index (χ4n) is 2.27. The first kappa shape index (κ1) is 14.3. The Hall–Kier alpha value is -2.16. The summed E-state index contributed by atoms with van der Waals surface area (Å²) >= 11 is 0. The molecule has 0 aliphatic rings. The van der Waals surface area contributed by atoms with Crippen LogP contribution in [0.5, 0.6) is 11.5 Å². The molecule has 0 saturated heterocycles. The lowest BCUT2D eigenvalue weighted by atomic mass is 10.1. The minimum Gasteiger partial charge on any atom is -0.508 e. The Balaban J connectivity index is 2.10. The Morgan fingerprint density at radius 2 is 1.75 bits per heavy atom. The number of hydrogen-bond acceptors (Lipinski definition) is 3. The molecule has 2 aromatic carbocycles. The first-order chi connectivity index (χ1) is 9.60. The summed E-state index contributed by atoms with van der Waals surface area (Å²) in [6.45, 7) is 4.12. The van der Waals surface area contributed by atoms with E-state index in [-0.39, 0.29) is 17.5 Å². The minimum absolute atomic E-state index is 0.0841. The maximum Gasteiger partial charge on any atom is 0.121 e. The van der Waals surface area contributed by atoms with Gasteiger partial charge in [-0.05, 0) is 49.2 Å². The van der Waals surface area contributed by atoms with Crippen molar-refractivity contribution in [2.24, 2.45) is 0 Å². The number of benzene rings is 2. The highest BCUT2D eigenvalue weighted by atomic mass is 16.3. The Morgan fingerprint density at radius 3 is 2.40 bits per heavy atom. The molecule has 0 spiro atoms. The van der Waals surface area contributed by atoms with Crippen LogP contribution in [0.3, 0.4) is 0 Å². The quantitative estimate of drug-likeness (QED) is 0.713. The summed E-state index contributed by atoms with van der Waals surface area (Å²) in [5.74, 6) is 0.343. The van der Waals surface area contributed by atoms with E-state index < -0.39 is 0 Å². The van der Waals surface area contributed by atoms with E-state index in [0.717, 1.165) is 18.5 Å². The zero-order chi connectivity index (χ0) is 14.5. The number of phenols is 2. The largest absolute Gasteiger partial charge is 0.508 e. The van der Waals surface area contributed by atoms with E-state index >= 15 is 0 Å². The van der Waals surface area contributed by atoms with Gasteiger partial charge in [-0.3, -0.25) is 0 Å². The first-order valence-electron chi connectivity index (χ1n) is 6.97. The van der Waals surface area contributed by atoms with E-state index in [2.05, 4.69) is 24.4 Å². The predicted molar refractivity (Wildman–Crippen MR) is 82.2 cm³/mol. The van der Waals surface area contributed by atoms with Crippen LogP contribution in [0.1, 0.15) is 37.4 Å². The van der Waals surface area contributed by atoms with Crippen molar-refractivity contribution >= 4 is 5.69 Å². The van der Waals surface area contributed by atoms with Crippen molar-refractivity contribution in [2.45, 2.75) is 32.7 Å². The van der Waals surface area contributed by atoms with E-state index in [4.69, 9.17) is 0 Å². The molecule has 3 nitrogen and oxygen atoms in total. The van der Waals surface area contributed by atoms with Gasteiger partial charge in [-0.25, -0.2) is 0 Å². The van der Waals surface area contributed by atoms with Gasteiger partial charge in [-0.1, -0.05) is 25.5 Å². The smallest absolute Gasteiger partial charge is 0.121 e. The van der Waals surface area contributed by atoms with E-state index in [1.54, 1.807) is 6.07 Å². The monoisotopic (exact) mass is 271 g/mol. The third-order valence-electron chi connectivity index (χ3n) is 3.35. The summed E-state index contributed by atoms with van der Waals surface area (Å²) in [5, 5.41) is 22.7. The van der Waals surface area contributed by atoms with E-state index in [0.29, 0.717) is 5.56 Å². The number of phenolic OH excluding ortho intramolecular Hbond substituents is 2. The Morgan fingerprint density at radius 1 is 1.05 bits per heavy atom. The molecule has 0 bridgehead atoms. The maximum atomic E-state index is 9.85. The number of aryl methyl sites for hydroxylation is 1. The average Bonchev–Trinajstić information content (AvgIpc) is 2.44. The summed E-state index contributed by atoms with van der Waals surface area (Å²) in [4.78, 5) is 0. The number of rotatable bonds is 5. The summed E-state index contributed by atoms with van der Waals surface area (Å²) in [6, 6.07) is 12.8. The number of anilines is 1.